The minimum Gasteiger partial charge on any atom is -0.453 e. The number of aromatic nitrogens is 2. The first-order valence-corrected chi connectivity index (χ1v) is 18.4. The molecular formula is C31H37FN6O8S2. The number of amides is 1. The smallest absolute Gasteiger partial charge is 0.410 e. The highest BCUT2D eigenvalue weighted by Gasteiger charge is 2.54. The van der Waals surface area contributed by atoms with Crippen molar-refractivity contribution in [2.24, 2.45) is 0 Å². The van der Waals surface area contributed by atoms with E-state index in [4.69, 9.17) is 9.47 Å². The zero-order valence-electron chi connectivity index (χ0n) is 27.2. The topological polar surface area (TPSA) is 181 Å². The van der Waals surface area contributed by atoms with Crippen LogP contribution < -0.4 is 15.0 Å². The summed E-state index contributed by atoms with van der Waals surface area (Å²) in [6.45, 7) is 7.43. The number of piperidine rings is 1. The molecule has 2 aliphatic rings. The van der Waals surface area contributed by atoms with Crippen molar-refractivity contribution in [2.45, 2.75) is 63.3 Å². The molecule has 0 aliphatic carbocycles. The molecule has 48 heavy (non-hydrogen) atoms. The van der Waals surface area contributed by atoms with Gasteiger partial charge in [0.25, 0.3) is 5.56 Å². The van der Waals surface area contributed by atoms with Crippen molar-refractivity contribution in [2.75, 3.05) is 37.2 Å². The number of carbonyl (C=O) groups excluding carboxylic acids is 1. The number of anilines is 1. The van der Waals surface area contributed by atoms with Gasteiger partial charge in [-0.15, -0.1) is 0 Å². The van der Waals surface area contributed by atoms with Crippen LogP contribution >= 0.6 is 0 Å². The minimum atomic E-state index is -4.04. The van der Waals surface area contributed by atoms with Crippen molar-refractivity contribution in [3.8, 4) is 17.6 Å². The average Bonchev–Trinajstić information content (AvgIpc) is 3.26. The summed E-state index contributed by atoms with van der Waals surface area (Å²) in [7, 11) is -6.37. The molecule has 258 valence electrons. The fourth-order valence-electron chi connectivity index (χ4n) is 5.96. The number of ether oxygens (including phenoxy) is 2. The van der Waals surface area contributed by atoms with Crippen LogP contribution in [0.25, 0.3) is 10.9 Å². The summed E-state index contributed by atoms with van der Waals surface area (Å²) in [5.74, 6) is -1.82. The maximum atomic E-state index is 15.0. The molecule has 1 N–H and O–H groups in total. The highest BCUT2D eigenvalue weighted by atomic mass is 32.2. The third kappa shape index (κ3) is 6.69. The van der Waals surface area contributed by atoms with Gasteiger partial charge in [-0.1, -0.05) is 6.92 Å². The summed E-state index contributed by atoms with van der Waals surface area (Å²) in [4.78, 5) is 32.2. The van der Waals surface area contributed by atoms with Gasteiger partial charge in [0.15, 0.2) is 21.4 Å². The molecule has 5 rings (SSSR count). The number of hydrogen-bond donors (Lipinski definition) is 1. The third-order valence-corrected chi connectivity index (χ3v) is 13.0. The molecule has 0 saturated carbocycles. The van der Waals surface area contributed by atoms with Crippen LogP contribution in [-0.2, 0) is 24.8 Å². The van der Waals surface area contributed by atoms with Crippen LogP contribution in [0.1, 0.15) is 58.6 Å². The molecule has 2 saturated heterocycles. The SMILES string of the molecule is CCN(C)S(=O)(=O)Nc1ccc(F)c(Oc2ccc3ncn([C@@H]4CC5(CCN(C(=O)OC(C)(C)C)CC5)S(=O)(=O)C4)c(=O)c3c2)c1C#N. The Morgan fingerprint density at radius 3 is 2.54 bits per heavy atom. The van der Waals surface area contributed by atoms with Crippen molar-refractivity contribution in [3.63, 3.8) is 0 Å². The molecule has 2 fully saturated rings. The number of halogens is 1. The van der Waals surface area contributed by atoms with Gasteiger partial charge in [0.05, 0.1) is 39.5 Å². The predicted molar refractivity (Wildman–Crippen MR) is 175 cm³/mol. The van der Waals surface area contributed by atoms with Gasteiger partial charge in [0.1, 0.15) is 23.0 Å². The maximum absolute atomic E-state index is 15.0. The Balaban J connectivity index is 1.41. The lowest BCUT2D eigenvalue weighted by Gasteiger charge is -2.38. The van der Waals surface area contributed by atoms with E-state index in [1.54, 1.807) is 33.8 Å². The van der Waals surface area contributed by atoms with Gasteiger partial charge >= 0.3 is 16.3 Å². The number of nitrogens with one attached hydrogen (secondary N) is 1. The number of hydrogen-bond acceptors (Lipinski definition) is 10. The Hall–Kier alpha value is -4.27. The Morgan fingerprint density at radius 2 is 1.92 bits per heavy atom. The van der Waals surface area contributed by atoms with Crippen molar-refractivity contribution in [1.29, 1.82) is 5.26 Å². The molecule has 14 nitrogen and oxygen atoms in total. The van der Waals surface area contributed by atoms with Gasteiger partial charge in [-0.2, -0.15) is 18.0 Å². The van der Waals surface area contributed by atoms with Crippen LogP contribution in [0.15, 0.2) is 41.5 Å². The van der Waals surface area contributed by atoms with Crippen molar-refractivity contribution >= 4 is 42.7 Å². The first-order chi connectivity index (χ1) is 22.4. The van der Waals surface area contributed by atoms with Gasteiger partial charge in [0.2, 0.25) is 0 Å². The lowest BCUT2D eigenvalue weighted by atomic mass is 9.90. The van der Waals surface area contributed by atoms with Crippen molar-refractivity contribution < 1.29 is 35.5 Å². The highest BCUT2D eigenvalue weighted by molar-refractivity contribution is 7.93. The molecule has 2 aromatic carbocycles. The van der Waals surface area contributed by atoms with E-state index in [9.17, 15) is 36.1 Å². The van der Waals surface area contributed by atoms with E-state index in [1.807, 2.05) is 0 Å². The zero-order valence-corrected chi connectivity index (χ0v) is 28.8. The molecule has 1 atom stereocenters. The lowest BCUT2D eigenvalue weighted by molar-refractivity contribution is 0.0191. The van der Waals surface area contributed by atoms with Crippen LogP contribution in [-0.4, -0.2) is 84.5 Å². The van der Waals surface area contributed by atoms with Crippen molar-refractivity contribution in [3.05, 3.63) is 58.4 Å². The standard InChI is InChI=1S/C31H37FN6O8S2/c1-6-36(5)48(43,44)35-26-10-8-24(32)27(23(26)17-33)45-21-7-9-25-22(15-21)28(39)38(19-34-25)20-16-31(47(41,42)18-20)11-13-37(14-12-31)29(40)46-30(2,3)4/h7-10,15,19-20,35H,6,11-14,16,18H2,1-5H3/t20-/m1/s1. The Bertz CT molecular complexity index is 2080. The molecule has 1 amide bonds. The number of sulfone groups is 1. The molecule has 0 unspecified atom stereocenters. The van der Waals surface area contributed by atoms with E-state index in [0.29, 0.717) is 0 Å². The van der Waals surface area contributed by atoms with Crippen molar-refractivity contribution in [1.82, 2.24) is 18.8 Å². The number of nitrogens with zero attached hydrogens (tertiary/aromatic N) is 5. The normalized spacial score (nSPS) is 19.0. The Kier molecular flexibility index (Phi) is 9.23. The van der Waals surface area contributed by atoms with Gasteiger partial charge in [-0.25, -0.2) is 22.6 Å². The van der Waals surface area contributed by atoms with E-state index < -0.39 is 65.2 Å². The summed E-state index contributed by atoms with van der Waals surface area (Å²) < 4.78 is 81.8. The monoisotopic (exact) mass is 704 g/mol. The number of likely N-dealkylation sites (tertiary alicyclic amines) is 1. The van der Waals surface area contributed by atoms with Gasteiger partial charge < -0.3 is 14.4 Å². The molecule has 0 bridgehead atoms. The fraction of sp³-hybridized carbons (Fsp3) is 0.484. The van der Waals surface area contributed by atoms with E-state index in [1.165, 1.54) is 41.0 Å². The summed E-state index contributed by atoms with van der Waals surface area (Å²) in [5, 5.41) is 9.88. The van der Waals surface area contributed by atoms with E-state index >= 15 is 0 Å². The minimum absolute atomic E-state index is 0.0368. The van der Waals surface area contributed by atoms with E-state index in [2.05, 4.69) is 9.71 Å². The summed E-state index contributed by atoms with van der Waals surface area (Å²) in [5.41, 5.74) is -1.57. The summed E-state index contributed by atoms with van der Waals surface area (Å²) in [6.07, 6.45) is 1.37. The molecular weight excluding hydrogens is 668 g/mol. The zero-order chi connectivity index (χ0) is 35.2. The molecule has 3 heterocycles. The van der Waals surface area contributed by atoms with E-state index in [-0.39, 0.29) is 67.0 Å². The molecule has 0 radical (unpaired) electrons. The first-order valence-electron chi connectivity index (χ1n) is 15.3. The summed E-state index contributed by atoms with van der Waals surface area (Å²) in [6, 6.07) is 7.30. The largest absolute Gasteiger partial charge is 0.453 e. The number of rotatable bonds is 7. The van der Waals surface area contributed by atoms with Crippen LogP contribution in [0.3, 0.4) is 0 Å². The highest BCUT2D eigenvalue weighted by Crippen LogP contribution is 2.45. The summed E-state index contributed by atoms with van der Waals surface area (Å²) >= 11 is 0. The molecule has 1 aromatic heterocycles. The molecule has 1 spiro atoms. The van der Waals surface area contributed by atoms with E-state index in [0.717, 1.165) is 16.4 Å². The fourth-order valence-corrected chi connectivity index (χ4v) is 9.29. The number of nitriles is 1. The maximum Gasteiger partial charge on any atom is 0.410 e. The second-order valence-corrected chi connectivity index (χ2v) is 17.2. The van der Waals surface area contributed by atoms with Crippen LogP contribution in [0.4, 0.5) is 14.9 Å². The first kappa shape index (κ1) is 35.0. The number of fused-ring (bicyclic) bond motifs is 1. The quantitative estimate of drug-likeness (QED) is 0.378. The molecule has 2 aliphatic heterocycles. The number of benzene rings is 2. The second-order valence-electron chi connectivity index (χ2n) is 13.0. The third-order valence-electron chi connectivity index (χ3n) is 8.69. The number of carbonyl (C=O) groups is 1. The lowest BCUT2D eigenvalue weighted by Crippen LogP contribution is -2.50. The average molecular weight is 705 g/mol. The van der Waals surface area contributed by atoms with Crippen LogP contribution in [0, 0.1) is 17.1 Å². The molecule has 3 aromatic rings. The van der Waals surface area contributed by atoms with Gasteiger partial charge in [0, 0.05) is 26.7 Å². The molecule has 17 heteroatoms. The van der Waals surface area contributed by atoms with Crippen LogP contribution in [0.5, 0.6) is 11.5 Å². The van der Waals surface area contributed by atoms with Gasteiger partial charge in [-0.05, 0) is 70.4 Å². The Labute approximate surface area is 278 Å². The predicted octanol–water partition coefficient (Wildman–Crippen LogP) is 3.94. The Morgan fingerprint density at radius 1 is 1.23 bits per heavy atom. The second kappa shape index (κ2) is 12.6. The van der Waals surface area contributed by atoms with Crippen LogP contribution in [0.2, 0.25) is 0 Å². The van der Waals surface area contributed by atoms with Gasteiger partial charge in [-0.3, -0.25) is 14.1 Å².